The molecule has 3 saturated heterocycles. The first-order valence-corrected chi connectivity index (χ1v) is 18.2. The number of piperidine rings is 2. The number of aryl methyl sites for hydroxylation is 1. The number of imide groups is 1. The lowest BCUT2D eigenvalue weighted by molar-refractivity contribution is -0.136. The van der Waals surface area contributed by atoms with E-state index >= 15 is 4.39 Å². The van der Waals surface area contributed by atoms with Crippen LogP contribution in [0, 0.1) is 11.7 Å². The molecule has 280 valence electrons. The Morgan fingerprint density at radius 1 is 0.943 bits per heavy atom. The van der Waals surface area contributed by atoms with Crippen molar-refractivity contribution < 1.29 is 28.2 Å². The molecule has 1 atom stereocenters. The summed E-state index contributed by atoms with van der Waals surface area (Å²) < 4.78 is 28.5. The molecular formula is C39H46FN7O6. The number of fused-ring (bicyclic) bond motifs is 1. The van der Waals surface area contributed by atoms with E-state index in [1.165, 1.54) is 10.6 Å². The normalized spacial score (nSPS) is 19.1. The van der Waals surface area contributed by atoms with Crippen LogP contribution in [-0.2, 0) is 34.4 Å². The van der Waals surface area contributed by atoms with Gasteiger partial charge in [-0.05, 0) is 79.6 Å². The number of aromatic nitrogens is 3. The number of rotatable bonds is 10. The summed E-state index contributed by atoms with van der Waals surface area (Å²) in [7, 11) is 4.98. The second-order valence-corrected chi connectivity index (χ2v) is 14.4. The predicted molar refractivity (Wildman–Crippen MR) is 196 cm³/mol. The van der Waals surface area contributed by atoms with Gasteiger partial charge in [-0.1, -0.05) is 12.1 Å². The molecule has 2 aromatic heterocycles. The first-order valence-electron chi connectivity index (χ1n) is 18.2. The van der Waals surface area contributed by atoms with E-state index in [1.54, 1.807) is 33.7 Å². The van der Waals surface area contributed by atoms with Gasteiger partial charge in [0.15, 0.2) is 0 Å². The number of carbonyl (C=O) groups is 3. The number of methoxy groups -OCH3 is 2. The maximum Gasteiger partial charge on any atom is 0.276 e. The zero-order valence-electron chi connectivity index (χ0n) is 30.5. The predicted octanol–water partition coefficient (Wildman–Crippen LogP) is 3.20. The number of hydrogen-bond acceptors (Lipinski definition) is 9. The monoisotopic (exact) mass is 727 g/mol. The van der Waals surface area contributed by atoms with Crippen LogP contribution in [0.2, 0.25) is 0 Å². The highest BCUT2D eigenvalue weighted by Crippen LogP contribution is 2.38. The number of nitrogens with one attached hydrogen (secondary N) is 2. The lowest BCUT2D eigenvalue weighted by Crippen LogP contribution is -2.51. The highest BCUT2D eigenvalue weighted by Gasteiger charge is 2.30. The van der Waals surface area contributed by atoms with Gasteiger partial charge in [-0.15, -0.1) is 0 Å². The Morgan fingerprint density at radius 2 is 1.66 bits per heavy atom. The number of benzene rings is 2. The van der Waals surface area contributed by atoms with Crippen LogP contribution in [0.15, 0.2) is 47.5 Å². The lowest BCUT2D eigenvalue weighted by Gasteiger charge is -2.37. The van der Waals surface area contributed by atoms with Gasteiger partial charge < -0.3 is 18.9 Å². The molecule has 13 nitrogen and oxygen atoms in total. The summed E-state index contributed by atoms with van der Waals surface area (Å²) in [6, 6.07) is 9.19. The van der Waals surface area contributed by atoms with Gasteiger partial charge in [0.1, 0.15) is 22.8 Å². The van der Waals surface area contributed by atoms with Crippen molar-refractivity contribution in [2.75, 3.05) is 60.0 Å². The largest absolute Gasteiger partial charge is 0.496 e. The average molecular weight is 728 g/mol. The minimum Gasteiger partial charge on any atom is -0.496 e. The number of H-pyrrole nitrogens is 1. The smallest absolute Gasteiger partial charge is 0.276 e. The van der Waals surface area contributed by atoms with Gasteiger partial charge in [-0.3, -0.25) is 39.4 Å². The number of nitrogens with zero attached hydrogens (tertiary/aromatic N) is 5. The minimum absolute atomic E-state index is 0.0747. The molecule has 3 aliphatic rings. The molecule has 0 aliphatic carbocycles. The molecule has 3 aliphatic heterocycles. The van der Waals surface area contributed by atoms with E-state index in [2.05, 4.69) is 25.3 Å². The third-order valence-corrected chi connectivity index (χ3v) is 11.1. The van der Waals surface area contributed by atoms with Gasteiger partial charge in [0.25, 0.3) is 5.56 Å². The van der Waals surface area contributed by atoms with Gasteiger partial charge in [0.2, 0.25) is 17.7 Å². The molecule has 5 heterocycles. The van der Waals surface area contributed by atoms with Gasteiger partial charge in [-0.25, -0.2) is 4.39 Å². The Morgan fingerprint density at radius 3 is 2.32 bits per heavy atom. The first-order chi connectivity index (χ1) is 25.6. The molecule has 2 aromatic carbocycles. The topological polar surface area (TPSA) is 142 Å². The van der Waals surface area contributed by atoms with E-state index in [0.717, 1.165) is 53.6 Å². The number of likely N-dealkylation sites (tertiary alicyclic amines) is 1. The molecule has 0 saturated carbocycles. The lowest BCUT2D eigenvalue weighted by atomic mass is 9.86. The van der Waals surface area contributed by atoms with Crippen LogP contribution in [0.1, 0.15) is 48.3 Å². The number of piperazine rings is 1. The summed E-state index contributed by atoms with van der Waals surface area (Å²) in [5, 5.41) is 9.99. The SMILES string of the molecule is COc1cc(-c2cn(C)c(=O)c3[nH]ncc23)cc(OC)c1CN1CCN(C(=O)CN2CCC(c3ccc(CC4CCC(=O)NC4=O)cc3F)CC2)CC1. The zero-order valence-corrected chi connectivity index (χ0v) is 30.5. The van der Waals surface area contributed by atoms with E-state index in [0.29, 0.717) is 81.1 Å². The molecule has 53 heavy (non-hydrogen) atoms. The number of aromatic amines is 1. The van der Waals surface area contributed by atoms with Crippen LogP contribution in [0.3, 0.4) is 0 Å². The molecule has 4 aromatic rings. The number of ether oxygens (including phenoxy) is 2. The van der Waals surface area contributed by atoms with Crippen LogP contribution in [0.5, 0.6) is 11.5 Å². The Balaban J connectivity index is 0.910. The number of carbonyl (C=O) groups excluding carboxylic acids is 3. The number of halogens is 1. The van der Waals surface area contributed by atoms with Crippen LogP contribution < -0.4 is 20.3 Å². The molecule has 0 radical (unpaired) electrons. The molecule has 0 bridgehead atoms. The first kappa shape index (κ1) is 36.3. The van der Waals surface area contributed by atoms with Crippen LogP contribution in [0.25, 0.3) is 22.0 Å². The summed E-state index contributed by atoms with van der Waals surface area (Å²) in [6.45, 7) is 5.01. The maximum absolute atomic E-state index is 15.2. The van der Waals surface area contributed by atoms with Crippen LogP contribution in [0.4, 0.5) is 4.39 Å². The summed E-state index contributed by atoms with van der Waals surface area (Å²) in [4.78, 5) is 55.9. The molecule has 2 N–H and O–H groups in total. The van der Waals surface area contributed by atoms with E-state index < -0.39 is 0 Å². The van der Waals surface area contributed by atoms with Gasteiger partial charge in [-0.2, -0.15) is 5.10 Å². The Hall–Kier alpha value is -5.08. The molecular weight excluding hydrogens is 681 g/mol. The quantitative estimate of drug-likeness (QED) is 0.236. The van der Waals surface area contributed by atoms with Crippen molar-refractivity contribution in [3.8, 4) is 22.6 Å². The molecule has 14 heteroatoms. The van der Waals surface area contributed by atoms with Crippen molar-refractivity contribution in [3.05, 3.63) is 75.6 Å². The average Bonchev–Trinajstić information content (AvgIpc) is 3.66. The van der Waals surface area contributed by atoms with Crippen molar-refractivity contribution in [2.24, 2.45) is 13.0 Å². The molecule has 1 unspecified atom stereocenters. The fraction of sp³-hybridized carbons (Fsp3) is 0.462. The van der Waals surface area contributed by atoms with Gasteiger partial charge in [0.05, 0.1) is 32.5 Å². The highest BCUT2D eigenvalue weighted by molar-refractivity contribution is 5.98. The van der Waals surface area contributed by atoms with E-state index in [9.17, 15) is 19.2 Å². The third kappa shape index (κ3) is 7.70. The summed E-state index contributed by atoms with van der Waals surface area (Å²) in [5.41, 5.74) is 4.31. The fourth-order valence-corrected chi connectivity index (χ4v) is 8.00. The third-order valence-electron chi connectivity index (χ3n) is 11.1. The van der Waals surface area contributed by atoms with Gasteiger partial charge >= 0.3 is 0 Å². The van der Waals surface area contributed by atoms with E-state index in [1.807, 2.05) is 29.2 Å². The fourth-order valence-electron chi connectivity index (χ4n) is 8.00. The Labute approximate surface area is 307 Å². The van der Waals surface area contributed by atoms with Gasteiger partial charge in [0, 0.05) is 69.3 Å². The maximum atomic E-state index is 15.2. The second-order valence-electron chi connectivity index (χ2n) is 14.4. The summed E-state index contributed by atoms with van der Waals surface area (Å²) >= 11 is 0. The standard InChI is InChI=1S/C39H46FN7O6/c1-44-21-30(29-20-41-43-37(29)39(44)51)27-18-33(52-2)31(34(19-27)53-3)22-46-12-14-47(15-13-46)36(49)23-45-10-8-25(9-11-45)28-6-4-24(17-32(28)40)16-26-5-7-35(48)42-38(26)50/h4,6,17-21,25-26H,5,7-16,22-23H2,1-3H3,(H,41,43)(H,42,48,50). The molecule has 0 spiro atoms. The number of pyridine rings is 1. The second kappa shape index (κ2) is 15.5. The molecule has 3 fully saturated rings. The zero-order chi connectivity index (χ0) is 37.2. The summed E-state index contributed by atoms with van der Waals surface area (Å²) in [6.07, 6.45) is 6.19. The van der Waals surface area contributed by atoms with Crippen molar-refractivity contribution in [1.29, 1.82) is 0 Å². The van der Waals surface area contributed by atoms with Crippen molar-refractivity contribution in [3.63, 3.8) is 0 Å². The number of hydrogen-bond donors (Lipinski definition) is 2. The van der Waals surface area contributed by atoms with Crippen molar-refractivity contribution in [2.45, 2.75) is 44.6 Å². The van der Waals surface area contributed by atoms with E-state index in [4.69, 9.17) is 9.47 Å². The van der Waals surface area contributed by atoms with Crippen LogP contribution >= 0.6 is 0 Å². The van der Waals surface area contributed by atoms with Crippen molar-refractivity contribution >= 4 is 28.6 Å². The molecule has 3 amide bonds. The number of amides is 3. The Kier molecular flexibility index (Phi) is 10.6. The molecule has 7 rings (SSSR count). The summed E-state index contributed by atoms with van der Waals surface area (Å²) in [5.74, 6) is 0.425. The minimum atomic E-state index is -0.318. The Bertz CT molecular complexity index is 2050. The van der Waals surface area contributed by atoms with Crippen molar-refractivity contribution in [1.82, 2.24) is 34.8 Å². The van der Waals surface area contributed by atoms with Crippen LogP contribution in [-0.4, -0.2) is 107 Å². The highest BCUT2D eigenvalue weighted by atomic mass is 19.1. The van der Waals surface area contributed by atoms with E-state index in [-0.39, 0.29) is 40.9 Å².